The summed E-state index contributed by atoms with van der Waals surface area (Å²) >= 11 is 1.75. The number of para-hydroxylation sites is 1. The lowest BCUT2D eigenvalue weighted by atomic mass is 10.1. The zero-order chi connectivity index (χ0) is 15.1. The molecule has 3 nitrogen and oxygen atoms in total. The van der Waals surface area contributed by atoms with Crippen molar-refractivity contribution in [3.05, 3.63) is 54.9 Å². The predicted molar refractivity (Wildman–Crippen MR) is 93.2 cm³/mol. The van der Waals surface area contributed by atoms with E-state index in [4.69, 9.17) is 4.98 Å². The molecule has 0 aliphatic carbocycles. The molecule has 0 bridgehead atoms. The molecular weight excluding hydrogens is 290 g/mol. The number of rotatable bonds is 2. The second kappa shape index (κ2) is 5.14. The Morgan fingerprint density at radius 3 is 2.59 bits per heavy atom. The maximum atomic E-state index is 4.71. The minimum Gasteiger partial charge on any atom is -0.328 e. The van der Waals surface area contributed by atoms with Crippen LogP contribution in [-0.2, 0) is 7.05 Å². The summed E-state index contributed by atoms with van der Waals surface area (Å²) in [7, 11) is 2.07. The molecule has 22 heavy (non-hydrogen) atoms. The van der Waals surface area contributed by atoms with Gasteiger partial charge in [-0.25, -0.2) is 4.98 Å². The van der Waals surface area contributed by atoms with Crippen LogP contribution < -0.4 is 0 Å². The molecule has 4 heteroatoms. The molecule has 0 saturated heterocycles. The molecule has 0 amide bonds. The van der Waals surface area contributed by atoms with Crippen LogP contribution in [0.25, 0.3) is 33.2 Å². The van der Waals surface area contributed by atoms with E-state index in [0.717, 1.165) is 16.9 Å². The predicted octanol–water partition coefficient (Wildman–Crippen LogP) is 4.51. The lowest BCUT2D eigenvalue weighted by molar-refractivity contribution is 0.987. The molecule has 0 unspecified atom stereocenters. The standard InChI is InChI=1S/C18H15N3S/c1-21-15-9-4-3-7-12(15)16-17(22-2)13(11-20-18(16)21)14-8-5-6-10-19-14/h3-11H,1-2H3. The number of aromatic nitrogens is 3. The number of hydrogen-bond donors (Lipinski definition) is 0. The fourth-order valence-corrected chi connectivity index (χ4v) is 3.77. The Balaban J connectivity index is 2.16. The van der Waals surface area contributed by atoms with Crippen molar-refractivity contribution in [2.45, 2.75) is 4.90 Å². The van der Waals surface area contributed by atoms with Crippen molar-refractivity contribution in [3.63, 3.8) is 0 Å². The minimum absolute atomic E-state index is 0.967. The summed E-state index contributed by atoms with van der Waals surface area (Å²) in [4.78, 5) is 10.4. The normalized spacial score (nSPS) is 11.4. The fraction of sp³-hybridized carbons (Fsp3) is 0.111. The van der Waals surface area contributed by atoms with E-state index < -0.39 is 0 Å². The first-order valence-corrected chi connectivity index (χ1v) is 8.35. The molecule has 4 rings (SSSR count). The Bertz CT molecular complexity index is 974. The van der Waals surface area contributed by atoms with Crippen LogP contribution in [0.3, 0.4) is 0 Å². The number of fused-ring (bicyclic) bond motifs is 3. The quantitative estimate of drug-likeness (QED) is 0.510. The van der Waals surface area contributed by atoms with E-state index in [1.54, 1.807) is 11.8 Å². The molecule has 0 atom stereocenters. The van der Waals surface area contributed by atoms with Gasteiger partial charge in [0.15, 0.2) is 0 Å². The third kappa shape index (κ3) is 1.84. The van der Waals surface area contributed by atoms with Gasteiger partial charge in [0.05, 0.1) is 11.2 Å². The highest BCUT2D eigenvalue weighted by molar-refractivity contribution is 7.99. The summed E-state index contributed by atoms with van der Waals surface area (Å²) in [5, 5.41) is 2.46. The number of aryl methyl sites for hydroxylation is 1. The van der Waals surface area contributed by atoms with E-state index in [-0.39, 0.29) is 0 Å². The average molecular weight is 305 g/mol. The first-order valence-electron chi connectivity index (χ1n) is 7.13. The summed E-state index contributed by atoms with van der Waals surface area (Å²) in [6.07, 6.45) is 5.88. The van der Waals surface area contributed by atoms with Gasteiger partial charge in [0.2, 0.25) is 0 Å². The maximum absolute atomic E-state index is 4.71. The highest BCUT2D eigenvalue weighted by Gasteiger charge is 2.17. The average Bonchev–Trinajstić information content (AvgIpc) is 2.88. The van der Waals surface area contributed by atoms with E-state index >= 15 is 0 Å². The van der Waals surface area contributed by atoms with Crippen LogP contribution in [-0.4, -0.2) is 20.8 Å². The number of thioether (sulfide) groups is 1. The van der Waals surface area contributed by atoms with Crippen LogP contribution in [0.2, 0.25) is 0 Å². The van der Waals surface area contributed by atoms with Gasteiger partial charge in [0, 0.05) is 40.7 Å². The van der Waals surface area contributed by atoms with Gasteiger partial charge >= 0.3 is 0 Å². The van der Waals surface area contributed by atoms with E-state index in [1.807, 2.05) is 30.6 Å². The van der Waals surface area contributed by atoms with Crippen molar-refractivity contribution in [3.8, 4) is 11.3 Å². The van der Waals surface area contributed by atoms with Crippen LogP contribution >= 0.6 is 11.8 Å². The largest absolute Gasteiger partial charge is 0.328 e. The molecular formula is C18H15N3S. The lowest BCUT2D eigenvalue weighted by Gasteiger charge is -2.08. The number of nitrogens with zero attached hydrogens (tertiary/aromatic N) is 3. The third-order valence-electron chi connectivity index (χ3n) is 4.01. The number of hydrogen-bond acceptors (Lipinski definition) is 3. The van der Waals surface area contributed by atoms with Gasteiger partial charge < -0.3 is 4.57 Å². The minimum atomic E-state index is 0.967. The zero-order valence-electron chi connectivity index (χ0n) is 12.4. The van der Waals surface area contributed by atoms with Gasteiger partial charge in [0.25, 0.3) is 0 Å². The molecule has 0 spiro atoms. The maximum Gasteiger partial charge on any atom is 0.141 e. The van der Waals surface area contributed by atoms with Crippen molar-refractivity contribution in [2.24, 2.45) is 7.05 Å². The number of pyridine rings is 2. The Morgan fingerprint density at radius 1 is 1.00 bits per heavy atom. The molecule has 0 aliphatic rings. The van der Waals surface area contributed by atoms with E-state index in [2.05, 4.69) is 47.1 Å². The molecule has 3 heterocycles. The molecule has 0 aliphatic heterocycles. The smallest absolute Gasteiger partial charge is 0.141 e. The van der Waals surface area contributed by atoms with Crippen LogP contribution in [0.4, 0.5) is 0 Å². The van der Waals surface area contributed by atoms with Crippen molar-refractivity contribution < 1.29 is 0 Å². The van der Waals surface area contributed by atoms with Gasteiger partial charge in [-0.1, -0.05) is 24.3 Å². The van der Waals surface area contributed by atoms with Crippen molar-refractivity contribution >= 4 is 33.7 Å². The SMILES string of the molecule is CSc1c(-c2ccccn2)cnc2c1c1ccccc1n2C. The van der Waals surface area contributed by atoms with Gasteiger partial charge in [0.1, 0.15) is 5.65 Å². The topological polar surface area (TPSA) is 30.7 Å². The summed E-state index contributed by atoms with van der Waals surface area (Å²) < 4.78 is 2.16. The zero-order valence-corrected chi connectivity index (χ0v) is 13.3. The van der Waals surface area contributed by atoms with Crippen LogP contribution in [0.5, 0.6) is 0 Å². The first-order chi connectivity index (χ1) is 10.8. The molecule has 1 aromatic carbocycles. The second-order valence-corrected chi connectivity index (χ2v) is 6.01. The summed E-state index contributed by atoms with van der Waals surface area (Å²) in [5.41, 5.74) is 4.29. The third-order valence-corrected chi connectivity index (χ3v) is 4.84. The molecule has 108 valence electrons. The van der Waals surface area contributed by atoms with Crippen molar-refractivity contribution in [1.29, 1.82) is 0 Å². The van der Waals surface area contributed by atoms with E-state index in [1.165, 1.54) is 21.2 Å². The van der Waals surface area contributed by atoms with Gasteiger partial charge in [-0.05, 0) is 24.5 Å². The van der Waals surface area contributed by atoms with Gasteiger partial charge in [-0.15, -0.1) is 11.8 Å². The molecule has 0 N–H and O–H groups in total. The summed E-state index contributed by atoms with van der Waals surface area (Å²) in [5.74, 6) is 0. The summed E-state index contributed by atoms with van der Waals surface area (Å²) in [6.45, 7) is 0. The lowest BCUT2D eigenvalue weighted by Crippen LogP contribution is -1.92. The Morgan fingerprint density at radius 2 is 1.82 bits per heavy atom. The first kappa shape index (κ1) is 13.3. The Kier molecular flexibility index (Phi) is 3.12. The molecule has 0 radical (unpaired) electrons. The monoisotopic (exact) mass is 305 g/mol. The van der Waals surface area contributed by atoms with E-state index in [0.29, 0.717) is 0 Å². The van der Waals surface area contributed by atoms with Crippen LogP contribution in [0.1, 0.15) is 0 Å². The van der Waals surface area contributed by atoms with Crippen LogP contribution in [0.15, 0.2) is 59.8 Å². The highest BCUT2D eigenvalue weighted by Crippen LogP contribution is 2.39. The van der Waals surface area contributed by atoms with Gasteiger partial charge in [-0.3, -0.25) is 4.98 Å². The van der Waals surface area contributed by atoms with Crippen LogP contribution in [0, 0.1) is 0 Å². The van der Waals surface area contributed by atoms with Crippen molar-refractivity contribution in [2.75, 3.05) is 6.26 Å². The Labute approximate surface area is 133 Å². The molecule has 4 aromatic rings. The van der Waals surface area contributed by atoms with Crippen molar-refractivity contribution in [1.82, 2.24) is 14.5 Å². The molecule has 0 fully saturated rings. The van der Waals surface area contributed by atoms with E-state index in [9.17, 15) is 0 Å². The number of benzene rings is 1. The van der Waals surface area contributed by atoms with Gasteiger partial charge in [-0.2, -0.15) is 0 Å². The highest BCUT2D eigenvalue weighted by atomic mass is 32.2. The summed E-state index contributed by atoms with van der Waals surface area (Å²) in [6, 6.07) is 14.4. The Hall–Kier alpha value is -2.33. The molecule has 0 saturated carbocycles. The second-order valence-electron chi connectivity index (χ2n) is 5.19. The molecule has 3 aromatic heterocycles. The fourth-order valence-electron chi connectivity index (χ4n) is 2.99.